The minimum atomic E-state index is -4.40. The van der Waals surface area contributed by atoms with Crippen molar-refractivity contribution < 1.29 is 18.0 Å². The molecular formula is C14H19F3N2O. The number of hydrogen-bond acceptors (Lipinski definition) is 2. The van der Waals surface area contributed by atoms with Crippen LogP contribution in [-0.2, 0) is 17.5 Å². The Balaban J connectivity index is 2.91. The fourth-order valence-electron chi connectivity index (χ4n) is 1.81. The zero-order chi connectivity index (χ0) is 15.3. The summed E-state index contributed by atoms with van der Waals surface area (Å²) in [7, 11) is 3.70. The Morgan fingerprint density at radius 2 is 1.75 bits per heavy atom. The predicted octanol–water partition coefficient (Wildman–Crippen LogP) is 2.62. The molecule has 112 valence electrons. The van der Waals surface area contributed by atoms with Gasteiger partial charge in [-0.25, -0.2) is 0 Å². The molecule has 0 heterocycles. The van der Waals surface area contributed by atoms with Crippen molar-refractivity contribution in [1.82, 2.24) is 9.80 Å². The molecule has 1 rings (SSSR count). The first-order valence-electron chi connectivity index (χ1n) is 6.27. The molecule has 0 aromatic heterocycles. The molecule has 0 saturated carbocycles. The molecule has 0 atom stereocenters. The summed E-state index contributed by atoms with van der Waals surface area (Å²) in [5, 5.41) is 0. The zero-order valence-electron chi connectivity index (χ0n) is 11.9. The maximum absolute atomic E-state index is 12.9. The average molecular weight is 288 g/mol. The normalized spacial score (nSPS) is 11.8. The van der Waals surface area contributed by atoms with Crippen LogP contribution in [0.2, 0.25) is 0 Å². The van der Waals surface area contributed by atoms with Crippen LogP contribution in [0.5, 0.6) is 0 Å². The van der Waals surface area contributed by atoms with Gasteiger partial charge in [0.05, 0.1) is 5.56 Å². The molecule has 0 N–H and O–H groups in total. The first-order valence-corrected chi connectivity index (χ1v) is 6.27. The van der Waals surface area contributed by atoms with E-state index in [1.165, 1.54) is 24.0 Å². The van der Waals surface area contributed by atoms with E-state index < -0.39 is 11.7 Å². The maximum Gasteiger partial charge on any atom is 0.416 e. The Morgan fingerprint density at radius 1 is 1.15 bits per heavy atom. The van der Waals surface area contributed by atoms with Gasteiger partial charge in [-0.15, -0.1) is 0 Å². The van der Waals surface area contributed by atoms with Gasteiger partial charge in [-0.3, -0.25) is 4.79 Å². The van der Waals surface area contributed by atoms with Crippen LogP contribution in [0.1, 0.15) is 18.1 Å². The lowest BCUT2D eigenvalue weighted by atomic mass is 10.1. The van der Waals surface area contributed by atoms with Gasteiger partial charge < -0.3 is 9.80 Å². The highest BCUT2D eigenvalue weighted by Crippen LogP contribution is 2.32. The lowest BCUT2D eigenvalue weighted by Crippen LogP contribution is -2.35. The van der Waals surface area contributed by atoms with E-state index in [4.69, 9.17) is 0 Å². The summed E-state index contributed by atoms with van der Waals surface area (Å²) in [5.74, 6) is -0.233. The number of likely N-dealkylation sites (N-methyl/N-ethyl adjacent to an activating group) is 1. The fraction of sp³-hybridized carbons (Fsp3) is 0.500. The Labute approximate surface area is 117 Å². The number of benzene rings is 1. The van der Waals surface area contributed by atoms with Gasteiger partial charge in [-0.05, 0) is 25.7 Å². The van der Waals surface area contributed by atoms with Crippen LogP contribution < -0.4 is 0 Å². The van der Waals surface area contributed by atoms with E-state index in [0.29, 0.717) is 13.1 Å². The molecule has 0 spiro atoms. The van der Waals surface area contributed by atoms with Gasteiger partial charge in [-0.2, -0.15) is 13.2 Å². The largest absolute Gasteiger partial charge is 0.416 e. The zero-order valence-corrected chi connectivity index (χ0v) is 11.9. The molecule has 1 amide bonds. The van der Waals surface area contributed by atoms with Crippen LogP contribution in [0.15, 0.2) is 24.3 Å². The average Bonchev–Trinajstić information content (AvgIpc) is 2.33. The molecule has 0 saturated heterocycles. The molecule has 3 nitrogen and oxygen atoms in total. The highest BCUT2D eigenvalue weighted by molar-refractivity contribution is 5.73. The van der Waals surface area contributed by atoms with Crippen LogP contribution >= 0.6 is 0 Å². The molecule has 0 unspecified atom stereocenters. The van der Waals surface area contributed by atoms with E-state index in [-0.39, 0.29) is 18.0 Å². The molecule has 0 fully saturated rings. The van der Waals surface area contributed by atoms with Gasteiger partial charge in [-0.1, -0.05) is 18.2 Å². The number of rotatable bonds is 5. The van der Waals surface area contributed by atoms with Gasteiger partial charge in [0.15, 0.2) is 0 Å². The van der Waals surface area contributed by atoms with Gasteiger partial charge in [0.1, 0.15) is 0 Å². The third kappa shape index (κ3) is 4.85. The lowest BCUT2D eigenvalue weighted by molar-refractivity contribution is -0.139. The molecule has 6 heteroatoms. The summed E-state index contributed by atoms with van der Waals surface area (Å²) < 4.78 is 38.7. The number of nitrogens with zero attached hydrogens (tertiary/aromatic N) is 2. The summed E-state index contributed by atoms with van der Waals surface area (Å²) >= 11 is 0. The fourth-order valence-corrected chi connectivity index (χ4v) is 1.81. The molecule has 0 radical (unpaired) electrons. The molecule has 0 aliphatic rings. The number of carbonyl (C=O) groups excluding carboxylic acids is 1. The van der Waals surface area contributed by atoms with Crippen LogP contribution in [-0.4, -0.2) is 42.9 Å². The number of alkyl halides is 3. The topological polar surface area (TPSA) is 23.6 Å². The number of amides is 1. The Bertz CT molecular complexity index is 458. The van der Waals surface area contributed by atoms with Crippen molar-refractivity contribution in [2.75, 3.05) is 27.2 Å². The second kappa shape index (κ2) is 6.74. The number of hydrogen-bond donors (Lipinski definition) is 0. The van der Waals surface area contributed by atoms with E-state index in [9.17, 15) is 18.0 Å². The van der Waals surface area contributed by atoms with Crippen LogP contribution in [0.4, 0.5) is 13.2 Å². The summed E-state index contributed by atoms with van der Waals surface area (Å²) in [4.78, 5) is 14.8. The first kappa shape index (κ1) is 16.5. The van der Waals surface area contributed by atoms with Gasteiger partial charge >= 0.3 is 6.18 Å². The SMILES string of the molecule is CC(=O)N(CCN(C)C)Cc1ccccc1C(F)(F)F. The van der Waals surface area contributed by atoms with E-state index >= 15 is 0 Å². The van der Waals surface area contributed by atoms with Crippen molar-refractivity contribution in [2.24, 2.45) is 0 Å². The van der Waals surface area contributed by atoms with Crippen molar-refractivity contribution in [3.63, 3.8) is 0 Å². The molecule has 0 aliphatic heterocycles. The molecule has 0 bridgehead atoms. The van der Waals surface area contributed by atoms with Crippen molar-refractivity contribution in [2.45, 2.75) is 19.6 Å². The van der Waals surface area contributed by atoms with Crippen LogP contribution in [0.3, 0.4) is 0 Å². The van der Waals surface area contributed by atoms with E-state index in [2.05, 4.69) is 0 Å². The Kier molecular flexibility index (Phi) is 5.56. The van der Waals surface area contributed by atoms with E-state index in [0.717, 1.165) is 6.07 Å². The molecular weight excluding hydrogens is 269 g/mol. The highest BCUT2D eigenvalue weighted by atomic mass is 19.4. The summed E-state index contributed by atoms with van der Waals surface area (Å²) in [5.41, 5.74) is -0.565. The third-order valence-electron chi connectivity index (χ3n) is 2.95. The van der Waals surface area contributed by atoms with Gasteiger partial charge in [0.25, 0.3) is 0 Å². The van der Waals surface area contributed by atoms with E-state index in [1.807, 2.05) is 19.0 Å². The molecule has 1 aromatic carbocycles. The quantitative estimate of drug-likeness (QED) is 0.831. The molecule has 20 heavy (non-hydrogen) atoms. The predicted molar refractivity (Wildman–Crippen MR) is 71.1 cm³/mol. The lowest BCUT2D eigenvalue weighted by Gasteiger charge is -2.24. The van der Waals surface area contributed by atoms with Crippen molar-refractivity contribution in [3.05, 3.63) is 35.4 Å². The number of halogens is 3. The standard InChI is InChI=1S/C14H19F3N2O/c1-11(20)19(9-8-18(2)3)10-12-6-4-5-7-13(12)14(15,16)17/h4-7H,8-10H2,1-3H3. The first-order chi connectivity index (χ1) is 9.21. The monoisotopic (exact) mass is 288 g/mol. The highest BCUT2D eigenvalue weighted by Gasteiger charge is 2.33. The molecule has 1 aromatic rings. The minimum Gasteiger partial charge on any atom is -0.337 e. The third-order valence-corrected chi connectivity index (χ3v) is 2.95. The summed E-state index contributed by atoms with van der Waals surface area (Å²) in [6.45, 7) is 2.34. The smallest absolute Gasteiger partial charge is 0.337 e. The van der Waals surface area contributed by atoms with Crippen LogP contribution in [0, 0.1) is 0 Å². The Morgan fingerprint density at radius 3 is 2.25 bits per heavy atom. The van der Waals surface area contributed by atoms with Gasteiger partial charge in [0, 0.05) is 26.6 Å². The van der Waals surface area contributed by atoms with Crippen molar-refractivity contribution in [3.8, 4) is 0 Å². The van der Waals surface area contributed by atoms with Crippen LogP contribution in [0.25, 0.3) is 0 Å². The summed E-state index contributed by atoms with van der Waals surface area (Å²) in [6, 6.07) is 5.35. The minimum absolute atomic E-state index is 0.0289. The number of carbonyl (C=O) groups is 1. The summed E-state index contributed by atoms with van der Waals surface area (Å²) in [6.07, 6.45) is -4.40. The van der Waals surface area contributed by atoms with Crippen molar-refractivity contribution in [1.29, 1.82) is 0 Å². The second-order valence-corrected chi connectivity index (χ2v) is 4.90. The van der Waals surface area contributed by atoms with E-state index in [1.54, 1.807) is 6.07 Å². The van der Waals surface area contributed by atoms with Gasteiger partial charge in [0.2, 0.25) is 5.91 Å². The maximum atomic E-state index is 12.9. The molecule has 0 aliphatic carbocycles. The second-order valence-electron chi connectivity index (χ2n) is 4.90. The van der Waals surface area contributed by atoms with Crippen molar-refractivity contribution >= 4 is 5.91 Å². The Hall–Kier alpha value is -1.56.